The molecule has 3 nitrogen and oxygen atoms in total. The highest BCUT2D eigenvalue weighted by Crippen LogP contribution is 2.17. The van der Waals surface area contributed by atoms with E-state index in [9.17, 15) is 9.18 Å². The predicted molar refractivity (Wildman–Crippen MR) is 88.1 cm³/mol. The van der Waals surface area contributed by atoms with Crippen LogP contribution in [0.4, 0.5) is 14.9 Å². The van der Waals surface area contributed by atoms with Crippen LogP contribution in [-0.2, 0) is 0 Å². The average molecular weight is 298 g/mol. The first kappa shape index (κ1) is 15.8. The Morgan fingerprint density at radius 3 is 2.41 bits per heavy atom. The van der Waals surface area contributed by atoms with Gasteiger partial charge in [0.15, 0.2) is 0 Å². The van der Waals surface area contributed by atoms with Crippen molar-refractivity contribution in [1.82, 2.24) is 5.32 Å². The van der Waals surface area contributed by atoms with E-state index in [0.29, 0.717) is 17.2 Å². The molecule has 0 unspecified atom stereocenters. The first-order chi connectivity index (χ1) is 10.6. The predicted octanol–water partition coefficient (Wildman–Crippen LogP) is 4.74. The van der Waals surface area contributed by atoms with E-state index in [1.807, 2.05) is 24.3 Å². The van der Waals surface area contributed by atoms with Gasteiger partial charge in [-0.2, -0.15) is 0 Å². The van der Waals surface area contributed by atoms with Crippen LogP contribution in [0.25, 0.3) is 6.08 Å². The lowest BCUT2D eigenvalue weighted by molar-refractivity contribution is 0.255. The SMILES string of the molecule is CC(C)c1ccc(NC(=O)N/C=C/c2ccccc2F)cc1. The topological polar surface area (TPSA) is 41.1 Å². The Morgan fingerprint density at radius 2 is 1.77 bits per heavy atom. The van der Waals surface area contributed by atoms with Gasteiger partial charge in [0.1, 0.15) is 5.82 Å². The molecule has 0 aliphatic heterocycles. The van der Waals surface area contributed by atoms with Crippen molar-refractivity contribution in [2.24, 2.45) is 0 Å². The highest BCUT2D eigenvalue weighted by molar-refractivity contribution is 5.90. The van der Waals surface area contributed by atoms with Crippen molar-refractivity contribution in [3.63, 3.8) is 0 Å². The highest BCUT2D eigenvalue weighted by Gasteiger charge is 2.02. The summed E-state index contributed by atoms with van der Waals surface area (Å²) >= 11 is 0. The van der Waals surface area contributed by atoms with E-state index in [2.05, 4.69) is 24.5 Å². The number of hydrogen-bond donors (Lipinski definition) is 2. The number of carbonyl (C=O) groups excluding carboxylic acids is 1. The van der Waals surface area contributed by atoms with Crippen LogP contribution in [0.1, 0.15) is 30.9 Å². The third-order valence-electron chi connectivity index (χ3n) is 3.22. The fourth-order valence-electron chi connectivity index (χ4n) is 1.94. The molecule has 2 rings (SSSR count). The van der Waals surface area contributed by atoms with Crippen LogP contribution in [0.15, 0.2) is 54.7 Å². The molecule has 0 spiro atoms. The van der Waals surface area contributed by atoms with E-state index in [0.717, 1.165) is 0 Å². The van der Waals surface area contributed by atoms with E-state index in [1.165, 1.54) is 23.9 Å². The van der Waals surface area contributed by atoms with Crippen LogP contribution in [0.3, 0.4) is 0 Å². The molecule has 0 heterocycles. The maximum absolute atomic E-state index is 13.4. The Kier molecular flexibility index (Phi) is 5.31. The molecule has 0 aromatic heterocycles. The zero-order valence-corrected chi connectivity index (χ0v) is 12.6. The summed E-state index contributed by atoms with van der Waals surface area (Å²) in [5.74, 6) is 0.122. The Labute approximate surface area is 129 Å². The van der Waals surface area contributed by atoms with Gasteiger partial charge >= 0.3 is 6.03 Å². The second-order valence-corrected chi connectivity index (χ2v) is 5.23. The Hall–Kier alpha value is -2.62. The molecule has 2 aromatic rings. The van der Waals surface area contributed by atoms with Gasteiger partial charge in [-0.1, -0.05) is 44.2 Å². The van der Waals surface area contributed by atoms with Gasteiger partial charge in [-0.25, -0.2) is 9.18 Å². The van der Waals surface area contributed by atoms with Crippen LogP contribution in [0.5, 0.6) is 0 Å². The average Bonchev–Trinajstić information content (AvgIpc) is 2.50. The van der Waals surface area contributed by atoms with E-state index in [4.69, 9.17) is 0 Å². The van der Waals surface area contributed by atoms with Gasteiger partial charge in [0.05, 0.1) is 0 Å². The standard InChI is InChI=1S/C18H19FN2O/c1-13(2)14-7-9-16(10-8-14)21-18(22)20-12-11-15-5-3-4-6-17(15)19/h3-13H,1-2H3,(H2,20,21,22)/b12-11+. The third-order valence-corrected chi connectivity index (χ3v) is 3.22. The number of nitrogens with one attached hydrogen (secondary N) is 2. The molecule has 22 heavy (non-hydrogen) atoms. The van der Waals surface area contributed by atoms with Crippen molar-refractivity contribution in [1.29, 1.82) is 0 Å². The molecular weight excluding hydrogens is 279 g/mol. The third kappa shape index (κ3) is 4.45. The summed E-state index contributed by atoms with van der Waals surface area (Å²) in [4.78, 5) is 11.7. The molecule has 2 aromatic carbocycles. The second kappa shape index (κ2) is 7.41. The molecule has 0 fully saturated rings. The van der Waals surface area contributed by atoms with E-state index < -0.39 is 0 Å². The van der Waals surface area contributed by atoms with Crippen LogP contribution < -0.4 is 10.6 Å². The van der Waals surface area contributed by atoms with Crippen LogP contribution in [0.2, 0.25) is 0 Å². The van der Waals surface area contributed by atoms with Crippen LogP contribution in [0, 0.1) is 5.82 Å². The summed E-state index contributed by atoms with van der Waals surface area (Å²) in [5.41, 5.74) is 2.34. The molecule has 0 aliphatic carbocycles. The minimum atomic E-state index is -0.370. The van der Waals surface area contributed by atoms with Crippen molar-refractivity contribution in [3.05, 3.63) is 71.7 Å². The molecule has 0 radical (unpaired) electrons. The number of carbonyl (C=O) groups is 1. The monoisotopic (exact) mass is 298 g/mol. The van der Waals surface area contributed by atoms with Gasteiger partial charge in [0, 0.05) is 17.5 Å². The normalized spacial score (nSPS) is 10.9. The molecule has 0 bridgehead atoms. The molecule has 0 saturated heterocycles. The van der Waals surface area contributed by atoms with Gasteiger partial charge in [-0.3, -0.25) is 0 Å². The quantitative estimate of drug-likeness (QED) is 0.841. The summed E-state index contributed by atoms with van der Waals surface area (Å²) in [6.45, 7) is 4.23. The number of rotatable bonds is 4. The molecule has 2 amide bonds. The summed E-state index contributed by atoms with van der Waals surface area (Å²) in [6.07, 6.45) is 2.92. The molecule has 0 aliphatic rings. The summed E-state index contributed by atoms with van der Waals surface area (Å²) in [6, 6.07) is 13.7. The van der Waals surface area contributed by atoms with Crippen molar-refractivity contribution < 1.29 is 9.18 Å². The molecule has 0 saturated carbocycles. The van der Waals surface area contributed by atoms with Crippen LogP contribution >= 0.6 is 0 Å². The minimum absolute atomic E-state index is 0.328. The fourth-order valence-corrected chi connectivity index (χ4v) is 1.94. The van der Waals surface area contributed by atoms with Crippen LogP contribution in [-0.4, -0.2) is 6.03 Å². The van der Waals surface area contributed by atoms with Gasteiger partial charge < -0.3 is 10.6 Å². The maximum atomic E-state index is 13.4. The first-order valence-corrected chi connectivity index (χ1v) is 7.15. The number of benzene rings is 2. The maximum Gasteiger partial charge on any atom is 0.323 e. The van der Waals surface area contributed by atoms with Crippen molar-refractivity contribution in [2.45, 2.75) is 19.8 Å². The Morgan fingerprint density at radius 1 is 1.09 bits per heavy atom. The number of amides is 2. The van der Waals surface area contributed by atoms with Crippen molar-refractivity contribution in [2.75, 3.05) is 5.32 Å². The lowest BCUT2D eigenvalue weighted by atomic mass is 10.0. The van der Waals surface area contributed by atoms with Crippen molar-refractivity contribution >= 4 is 17.8 Å². The summed E-state index contributed by atoms with van der Waals surface area (Å²) < 4.78 is 13.4. The number of halogens is 1. The smallest absolute Gasteiger partial charge is 0.314 e. The summed E-state index contributed by atoms with van der Waals surface area (Å²) in [7, 11) is 0. The van der Waals surface area contributed by atoms with Gasteiger partial charge in [-0.05, 0) is 35.8 Å². The lowest BCUT2D eigenvalue weighted by Gasteiger charge is -2.08. The molecule has 4 heteroatoms. The first-order valence-electron chi connectivity index (χ1n) is 7.15. The number of hydrogen-bond acceptors (Lipinski definition) is 1. The van der Waals surface area contributed by atoms with E-state index in [-0.39, 0.29) is 11.8 Å². The van der Waals surface area contributed by atoms with E-state index in [1.54, 1.807) is 18.2 Å². The van der Waals surface area contributed by atoms with Gasteiger partial charge in [0.25, 0.3) is 0 Å². The highest BCUT2D eigenvalue weighted by atomic mass is 19.1. The molecule has 0 atom stereocenters. The Bertz CT molecular complexity index is 663. The number of urea groups is 1. The second-order valence-electron chi connectivity index (χ2n) is 5.23. The molecule has 2 N–H and O–H groups in total. The summed E-state index contributed by atoms with van der Waals surface area (Å²) in [5, 5.41) is 5.26. The Balaban J connectivity index is 1.89. The largest absolute Gasteiger partial charge is 0.323 e. The lowest BCUT2D eigenvalue weighted by Crippen LogP contribution is -2.23. The molecule has 114 valence electrons. The van der Waals surface area contributed by atoms with Gasteiger partial charge in [0.2, 0.25) is 0 Å². The van der Waals surface area contributed by atoms with Crippen molar-refractivity contribution in [3.8, 4) is 0 Å². The zero-order chi connectivity index (χ0) is 15.9. The molecular formula is C18H19FN2O. The minimum Gasteiger partial charge on any atom is -0.314 e. The number of anilines is 1. The van der Waals surface area contributed by atoms with E-state index >= 15 is 0 Å². The van der Waals surface area contributed by atoms with Gasteiger partial charge in [-0.15, -0.1) is 0 Å². The zero-order valence-electron chi connectivity index (χ0n) is 12.6. The fraction of sp³-hybridized carbons (Fsp3) is 0.167.